The van der Waals surface area contributed by atoms with Crippen molar-refractivity contribution in [2.75, 3.05) is 0 Å². The fourth-order valence-corrected chi connectivity index (χ4v) is 3.00. The Kier molecular flexibility index (Phi) is 4.65. The second kappa shape index (κ2) is 6.03. The van der Waals surface area contributed by atoms with Gasteiger partial charge < -0.3 is 0 Å². The third kappa shape index (κ3) is 4.12. The average Bonchev–Trinajstić information content (AvgIpc) is 2.27. The highest BCUT2D eigenvalue weighted by molar-refractivity contribution is 9.10. The Morgan fingerprint density at radius 3 is 2.29 bits per heavy atom. The smallest absolute Gasteiger partial charge is 0.124 e. The number of hydrogen-bond acceptors (Lipinski definition) is 1. The average molecular weight is 376 g/mol. The number of hydrogen-bond donors (Lipinski definition) is 0. The molecule has 0 atom stereocenters. The van der Waals surface area contributed by atoms with E-state index in [1.165, 1.54) is 11.0 Å². The van der Waals surface area contributed by atoms with Gasteiger partial charge in [0.1, 0.15) is 5.82 Å². The zero-order valence-electron chi connectivity index (χ0n) is 8.79. The molecule has 88 valence electrons. The van der Waals surface area contributed by atoms with E-state index in [-0.39, 0.29) is 5.82 Å². The summed E-state index contributed by atoms with van der Waals surface area (Å²) in [5.74, 6) is 0.559. The number of halogens is 3. The quantitative estimate of drug-likeness (QED) is 0.625. The van der Waals surface area contributed by atoms with Crippen molar-refractivity contribution in [3.05, 3.63) is 62.8 Å². The fourth-order valence-electron chi connectivity index (χ4n) is 1.39. The summed E-state index contributed by atoms with van der Waals surface area (Å²) in [7, 11) is 0. The minimum Gasteiger partial charge on any atom is -0.207 e. The Balaban J connectivity index is 2.04. The molecule has 0 fully saturated rings. The summed E-state index contributed by atoms with van der Waals surface area (Å²) in [5.41, 5.74) is 0.977. The van der Waals surface area contributed by atoms with Crippen LogP contribution in [-0.4, -0.2) is 0 Å². The van der Waals surface area contributed by atoms with Gasteiger partial charge in [-0.1, -0.05) is 31.9 Å². The highest BCUT2D eigenvalue weighted by Crippen LogP contribution is 2.26. The lowest BCUT2D eigenvalue weighted by atomic mass is 10.2. The van der Waals surface area contributed by atoms with Crippen LogP contribution in [0.1, 0.15) is 5.56 Å². The van der Waals surface area contributed by atoms with Crippen molar-refractivity contribution in [1.82, 2.24) is 0 Å². The monoisotopic (exact) mass is 374 g/mol. The van der Waals surface area contributed by atoms with E-state index in [2.05, 4.69) is 31.9 Å². The van der Waals surface area contributed by atoms with Crippen molar-refractivity contribution in [3.8, 4) is 0 Å². The Labute approximate surface area is 121 Å². The maximum atomic E-state index is 13.2. The van der Waals surface area contributed by atoms with Gasteiger partial charge in [-0.2, -0.15) is 0 Å². The van der Waals surface area contributed by atoms with Gasteiger partial charge in [0.15, 0.2) is 0 Å². The molecule has 0 saturated heterocycles. The first kappa shape index (κ1) is 13.1. The van der Waals surface area contributed by atoms with Crippen molar-refractivity contribution in [2.24, 2.45) is 0 Å². The van der Waals surface area contributed by atoms with E-state index in [9.17, 15) is 4.39 Å². The molecule has 2 aromatic rings. The van der Waals surface area contributed by atoms with Gasteiger partial charge in [-0.15, -0.1) is 11.8 Å². The van der Waals surface area contributed by atoms with E-state index >= 15 is 0 Å². The van der Waals surface area contributed by atoms with Crippen LogP contribution in [0.3, 0.4) is 0 Å². The summed E-state index contributed by atoms with van der Waals surface area (Å²) in [6.45, 7) is 0. The summed E-state index contributed by atoms with van der Waals surface area (Å²) >= 11 is 8.38. The van der Waals surface area contributed by atoms with E-state index in [0.717, 1.165) is 20.3 Å². The second-order valence-electron chi connectivity index (χ2n) is 3.52. The van der Waals surface area contributed by atoms with Gasteiger partial charge >= 0.3 is 0 Å². The molecule has 0 spiro atoms. The molecule has 4 heteroatoms. The summed E-state index contributed by atoms with van der Waals surface area (Å²) in [6, 6.07) is 13.1. The van der Waals surface area contributed by atoms with Crippen molar-refractivity contribution in [2.45, 2.75) is 10.6 Å². The molecule has 0 aromatic heterocycles. The van der Waals surface area contributed by atoms with E-state index in [1.807, 2.05) is 30.3 Å². The zero-order valence-corrected chi connectivity index (χ0v) is 12.8. The Morgan fingerprint density at radius 2 is 1.65 bits per heavy atom. The predicted molar refractivity (Wildman–Crippen MR) is 77.8 cm³/mol. The van der Waals surface area contributed by atoms with Gasteiger partial charge in [0.25, 0.3) is 0 Å². The molecule has 2 rings (SSSR count). The first-order chi connectivity index (χ1) is 8.13. The molecular weight excluding hydrogens is 367 g/mol. The normalized spacial score (nSPS) is 10.5. The van der Waals surface area contributed by atoms with Crippen LogP contribution in [0.5, 0.6) is 0 Å². The predicted octanol–water partition coefficient (Wildman–Crippen LogP) is 5.64. The molecule has 0 nitrogen and oxygen atoms in total. The van der Waals surface area contributed by atoms with E-state index in [0.29, 0.717) is 0 Å². The molecule has 0 aliphatic carbocycles. The summed E-state index contributed by atoms with van der Waals surface area (Å²) in [5, 5.41) is 0. The van der Waals surface area contributed by atoms with Gasteiger partial charge in [0, 0.05) is 19.6 Å². The van der Waals surface area contributed by atoms with Gasteiger partial charge in [-0.25, -0.2) is 4.39 Å². The third-order valence-electron chi connectivity index (χ3n) is 2.14. The van der Waals surface area contributed by atoms with Crippen molar-refractivity contribution in [3.63, 3.8) is 0 Å². The molecule has 0 unspecified atom stereocenters. The van der Waals surface area contributed by atoms with Crippen LogP contribution < -0.4 is 0 Å². The first-order valence-corrected chi connectivity index (χ1v) is 7.54. The minimum absolute atomic E-state index is 0.203. The van der Waals surface area contributed by atoms with Gasteiger partial charge in [-0.05, 0) is 48.0 Å². The van der Waals surface area contributed by atoms with Crippen LogP contribution in [0.15, 0.2) is 56.3 Å². The standard InChI is InChI=1S/C13H9Br2FS/c14-10-1-3-13(4-2-10)17-8-9-5-11(15)7-12(16)6-9/h1-7H,8H2. The maximum absolute atomic E-state index is 13.2. The Bertz CT molecular complexity index is 491. The van der Waals surface area contributed by atoms with Crippen LogP contribution in [0.25, 0.3) is 0 Å². The fraction of sp³-hybridized carbons (Fsp3) is 0.0769. The van der Waals surface area contributed by atoms with Gasteiger partial charge in [-0.3, -0.25) is 0 Å². The summed E-state index contributed by atoms with van der Waals surface area (Å²) < 4.78 is 15.0. The minimum atomic E-state index is -0.203. The zero-order chi connectivity index (χ0) is 12.3. The van der Waals surface area contributed by atoms with Gasteiger partial charge in [0.2, 0.25) is 0 Å². The third-order valence-corrected chi connectivity index (χ3v) is 4.21. The second-order valence-corrected chi connectivity index (χ2v) is 6.40. The van der Waals surface area contributed by atoms with Crippen LogP contribution in [0.2, 0.25) is 0 Å². The molecule has 0 N–H and O–H groups in total. The van der Waals surface area contributed by atoms with Crippen LogP contribution in [0, 0.1) is 5.82 Å². The van der Waals surface area contributed by atoms with Crippen molar-refractivity contribution >= 4 is 43.6 Å². The molecule has 2 aromatic carbocycles. The van der Waals surface area contributed by atoms with Gasteiger partial charge in [0.05, 0.1) is 0 Å². The Hall–Kier alpha value is -0.320. The molecule has 0 aliphatic heterocycles. The SMILES string of the molecule is Fc1cc(Br)cc(CSc2ccc(Br)cc2)c1. The van der Waals surface area contributed by atoms with E-state index in [4.69, 9.17) is 0 Å². The van der Waals surface area contributed by atoms with Crippen LogP contribution in [0.4, 0.5) is 4.39 Å². The number of thioether (sulfide) groups is 1. The topological polar surface area (TPSA) is 0 Å². The lowest BCUT2D eigenvalue weighted by molar-refractivity contribution is 0.625. The molecular formula is C13H9Br2FS. The molecule has 0 bridgehead atoms. The van der Waals surface area contributed by atoms with E-state index in [1.54, 1.807) is 17.8 Å². The highest BCUT2D eigenvalue weighted by Gasteiger charge is 2.00. The van der Waals surface area contributed by atoms with Crippen molar-refractivity contribution < 1.29 is 4.39 Å². The molecule has 0 aliphatic rings. The highest BCUT2D eigenvalue weighted by atomic mass is 79.9. The number of rotatable bonds is 3. The van der Waals surface area contributed by atoms with E-state index < -0.39 is 0 Å². The van der Waals surface area contributed by atoms with Crippen LogP contribution in [-0.2, 0) is 5.75 Å². The first-order valence-electron chi connectivity index (χ1n) is 4.97. The Morgan fingerprint density at radius 1 is 0.941 bits per heavy atom. The molecule has 17 heavy (non-hydrogen) atoms. The number of benzene rings is 2. The summed E-state index contributed by atoms with van der Waals surface area (Å²) in [4.78, 5) is 1.17. The largest absolute Gasteiger partial charge is 0.207 e. The molecule has 0 saturated carbocycles. The lowest BCUT2D eigenvalue weighted by Crippen LogP contribution is -1.84. The van der Waals surface area contributed by atoms with Crippen LogP contribution >= 0.6 is 43.6 Å². The van der Waals surface area contributed by atoms with Crippen molar-refractivity contribution in [1.29, 1.82) is 0 Å². The lowest BCUT2D eigenvalue weighted by Gasteiger charge is -2.03. The molecule has 0 heterocycles. The summed E-state index contributed by atoms with van der Waals surface area (Å²) in [6.07, 6.45) is 0. The molecule has 0 radical (unpaired) electrons. The molecule has 0 amide bonds. The maximum Gasteiger partial charge on any atom is 0.124 e.